The highest BCUT2D eigenvalue weighted by Gasteiger charge is 2.10. The molecule has 1 N–H and O–H groups in total. The molecule has 0 aliphatic carbocycles. The molecule has 0 radical (unpaired) electrons. The average molecular weight is 135 g/mol. The highest BCUT2D eigenvalue weighted by atomic mass is 32.2. The van der Waals surface area contributed by atoms with Crippen LogP contribution in [-0.2, 0) is 4.79 Å². The van der Waals surface area contributed by atoms with E-state index in [4.69, 9.17) is 5.41 Å². The van der Waals surface area contributed by atoms with Gasteiger partial charge in [-0.25, -0.2) is 4.39 Å². The van der Waals surface area contributed by atoms with Gasteiger partial charge in [-0.1, -0.05) is 11.8 Å². The second-order valence-electron chi connectivity index (χ2n) is 1.09. The molecule has 0 aliphatic heterocycles. The molecule has 0 rings (SSSR count). The Hall–Kier alpha value is -0.380. The summed E-state index contributed by atoms with van der Waals surface area (Å²) in [6.07, 6.45) is 0.252. The van der Waals surface area contributed by atoms with Crippen molar-refractivity contribution in [3.05, 3.63) is 0 Å². The molecule has 8 heavy (non-hydrogen) atoms. The van der Waals surface area contributed by atoms with Crippen molar-refractivity contribution >= 4 is 23.1 Å². The fourth-order valence-electron chi connectivity index (χ4n) is 0.181. The van der Waals surface area contributed by atoms with Crippen LogP contribution in [0.25, 0.3) is 0 Å². The van der Waals surface area contributed by atoms with Gasteiger partial charge in [0.2, 0.25) is 11.3 Å². The van der Waals surface area contributed by atoms with Gasteiger partial charge in [-0.05, 0) is 6.26 Å². The third-order valence-electron chi connectivity index (χ3n) is 0.573. The van der Waals surface area contributed by atoms with Crippen LogP contribution in [0.2, 0.25) is 0 Å². The second kappa shape index (κ2) is 3.60. The molecule has 0 aromatic heterocycles. The molecule has 0 aliphatic rings. The zero-order chi connectivity index (χ0) is 6.57. The van der Waals surface area contributed by atoms with Gasteiger partial charge in [-0.15, -0.1) is 0 Å². The van der Waals surface area contributed by atoms with Gasteiger partial charge in [0.1, 0.15) is 0 Å². The Kier molecular flexibility index (Phi) is 3.43. The number of hydrogen-bond acceptors (Lipinski definition) is 3. The quantitative estimate of drug-likeness (QED) is 0.570. The minimum Gasteiger partial charge on any atom is -0.310 e. The molecule has 0 heterocycles. The van der Waals surface area contributed by atoms with Crippen LogP contribution in [0, 0.1) is 5.41 Å². The summed E-state index contributed by atoms with van der Waals surface area (Å²) in [4.78, 5) is 10.2. The van der Waals surface area contributed by atoms with Gasteiger partial charge in [0.15, 0.2) is 0 Å². The molecule has 0 spiro atoms. The zero-order valence-electron chi connectivity index (χ0n) is 4.35. The molecular formula is C4H6FNOS. The standard InChI is InChI=1S/C4H6FNOS/c1-8-4(7)3(5)2-6/h2-3,6H,1H3. The summed E-state index contributed by atoms with van der Waals surface area (Å²) in [7, 11) is 0. The smallest absolute Gasteiger partial charge is 0.228 e. The van der Waals surface area contributed by atoms with Crippen molar-refractivity contribution in [2.24, 2.45) is 0 Å². The summed E-state index contributed by atoms with van der Waals surface area (Å²) in [5.74, 6) is 0. The molecule has 2 nitrogen and oxygen atoms in total. The van der Waals surface area contributed by atoms with Crippen molar-refractivity contribution in [2.75, 3.05) is 6.26 Å². The summed E-state index contributed by atoms with van der Waals surface area (Å²) >= 11 is 0.792. The summed E-state index contributed by atoms with van der Waals surface area (Å²) in [6.45, 7) is 0. The van der Waals surface area contributed by atoms with E-state index in [2.05, 4.69) is 0 Å². The van der Waals surface area contributed by atoms with E-state index in [9.17, 15) is 9.18 Å². The van der Waals surface area contributed by atoms with Gasteiger partial charge >= 0.3 is 0 Å². The number of nitrogens with one attached hydrogen (secondary N) is 1. The molecule has 0 aromatic carbocycles. The lowest BCUT2D eigenvalue weighted by Gasteiger charge is -1.92. The number of thioether (sulfide) groups is 1. The molecule has 1 atom stereocenters. The second-order valence-corrected chi connectivity index (χ2v) is 1.90. The fraction of sp³-hybridized carbons (Fsp3) is 0.500. The predicted molar refractivity (Wildman–Crippen MR) is 32.2 cm³/mol. The Bertz CT molecular complexity index is 106. The third-order valence-corrected chi connectivity index (χ3v) is 1.20. The molecule has 46 valence electrons. The van der Waals surface area contributed by atoms with Crippen molar-refractivity contribution in [2.45, 2.75) is 6.17 Å². The van der Waals surface area contributed by atoms with Crippen molar-refractivity contribution in [3.8, 4) is 0 Å². The maximum Gasteiger partial charge on any atom is 0.228 e. The molecule has 0 amide bonds. The highest BCUT2D eigenvalue weighted by molar-refractivity contribution is 8.13. The highest BCUT2D eigenvalue weighted by Crippen LogP contribution is 2.00. The minimum absolute atomic E-state index is 0.485. The Morgan fingerprint density at radius 2 is 2.50 bits per heavy atom. The largest absolute Gasteiger partial charge is 0.310 e. The summed E-state index contributed by atoms with van der Waals surface area (Å²) in [5, 5.41) is 5.70. The lowest BCUT2D eigenvalue weighted by Crippen LogP contribution is -2.11. The van der Waals surface area contributed by atoms with Crippen LogP contribution >= 0.6 is 11.8 Å². The topological polar surface area (TPSA) is 40.9 Å². The number of carbonyl (C=O) groups is 1. The maximum atomic E-state index is 11.9. The lowest BCUT2D eigenvalue weighted by atomic mass is 10.5. The van der Waals surface area contributed by atoms with Gasteiger partial charge in [-0.3, -0.25) is 4.79 Å². The molecule has 0 fully saturated rings. The van der Waals surface area contributed by atoms with Crippen LogP contribution in [-0.4, -0.2) is 23.8 Å². The van der Waals surface area contributed by atoms with E-state index in [0.29, 0.717) is 6.21 Å². The number of alkyl halides is 1. The Labute approximate surface area is 51.0 Å². The van der Waals surface area contributed by atoms with Crippen molar-refractivity contribution in [1.29, 1.82) is 5.41 Å². The van der Waals surface area contributed by atoms with E-state index in [1.165, 1.54) is 6.26 Å². The van der Waals surface area contributed by atoms with Crippen molar-refractivity contribution < 1.29 is 9.18 Å². The van der Waals surface area contributed by atoms with Gasteiger partial charge in [0.25, 0.3) is 0 Å². The van der Waals surface area contributed by atoms with Gasteiger partial charge in [0.05, 0.1) is 0 Å². The zero-order valence-corrected chi connectivity index (χ0v) is 5.17. The SMILES string of the molecule is CSC(=O)C(F)C=N. The summed E-state index contributed by atoms with van der Waals surface area (Å²) < 4.78 is 11.9. The van der Waals surface area contributed by atoms with E-state index in [1.807, 2.05) is 0 Å². The fourth-order valence-corrected chi connectivity index (χ4v) is 0.474. The first-order valence-corrected chi connectivity index (χ1v) is 3.17. The van der Waals surface area contributed by atoms with E-state index < -0.39 is 11.3 Å². The first-order valence-electron chi connectivity index (χ1n) is 1.95. The van der Waals surface area contributed by atoms with Crippen LogP contribution < -0.4 is 0 Å². The van der Waals surface area contributed by atoms with Crippen LogP contribution in [0.1, 0.15) is 0 Å². The number of rotatable bonds is 2. The molecule has 0 saturated heterocycles. The number of halogens is 1. The van der Waals surface area contributed by atoms with Gasteiger partial charge < -0.3 is 5.41 Å². The minimum atomic E-state index is -1.72. The third kappa shape index (κ3) is 2.07. The molecule has 1 unspecified atom stereocenters. The van der Waals surface area contributed by atoms with Crippen LogP contribution in [0.4, 0.5) is 4.39 Å². The lowest BCUT2D eigenvalue weighted by molar-refractivity contribution is -0.113. The maximum absolute atomic E-state index is 11.9. The number of carbonyl (C=O) groups excluding carboxylic acids is 1. The predicted octanol–water partition coefficient (Wildman–Crippen LogP) is 0.864. The van der Waals surface area contributed by atoms with Crippen molar-refractivity contribution in [3.63, 3.8) is 0 Å². The Balaban J connectivity index is 3.62. The van der Waals surface area contributed by atoms with Gasteiger partial charge in [-0.2, -0.15) is 0 Å². The average Bonchev–Trinajstić information content (AvgIpc) is 1.84. The Morgan fingerprint density at radius 3 is 2.62 bits per heavy atom. The normalized spacial score (nSPS) is 12.8. The molecule has 0 aromatic rings. The van der Waals surface area contributed by atoms with Gasteiger partial charge in [0, 0.05) is 6.21 Å². The van der Waals surface area contributed by atoms with E-state index in [1.54, 1.807) is 0 Å². The van der Waals surface area contributed by atoms with Crippen LogP contribution in [0.3, 0.4) is 0 Å². The Morgan fingerprint density at radius 1 is 2.00 bits per heavy atom. The molecule has 4 heteroatoms. The number of hydrogen-bond donors (Lipinski definition) is 1. The van der Waals surface area contributed by atoms with E-state index >= 15 is 0 Å². The summed E-state index contributed by atoms with van der Waals surface area (Å²) in [6, 6.07) is 0. The summed E-state index contributed by atoms with van der Waals surface area (Å²) in [5.41, 5.74) is 0. The first kappa shape index (κ1) is 7.62. The van der Waals surface area contributed by atoms with E-state index in [0.717, 1.165) is 11.8 Å². The van der Waals surface area contributed by atoms with E-state index in [-0.39, 0.29) is 0 Å². The monoisotopic (exact) mass is 135 g/mol. The first-order chi connectivity index (χ1) is 3.72. The van der Waals surface area contributed by atoms with Crippen LogP contribution in [0.5, 0.6) is 0 Å². The van der Waals surface area contributed by atoms with Crippen LogP contribution in [0.15, 0.2) is 0 Å². The van der Waals surface area contributed by atoms with Crippen molar-refractivity contribution in [1.82, 2.24) is 0 Å². The molecule has 0 bridgehead atoms. The molecule has 0 saturated carbocycles. The molecular weight excluding hydrogens is 129 g/mol.